The van der Waals surface area contributed by atoms with E-state index in [1.54, 1.807) is 4.90 Å². The van der Waals surface area contributed by atoms with Crippen molar-refractivity contribution in [2.75, 3.05) is 23.8 Å². The van der Waals surface area contributed by atoms with E-state index in [0.717, 1.165) is 15.7 Å². The fourth-order valence-electron chi connectivity index (χ4n) is 2.21. The van der Waals surface area contributed by atoms with E-state index in [9.17, 15) is 4.79 Å². The number of carbonyl (C=O) groups is 1. The van der Waals surface area contributed by atoms with Crippen molar-refractivity contribution in [2.45, 2.75) is 6.92 Å². The van der Waals surface area contributed by atoms with E-state index in [-0.39, 0.29) is 23.2 Å². The highest BCUT2D eigenvalue weighted by Crippen LogP contribution is 2.29. The molecule has 1 amide bonds. The number of aryl methyl sites for hydroxylation is 1. The summed E-state index contributed by atoms with van der Waals surface area (Å²) in [6, 6.07) is 5.72. The second kappa shape index (κ2) is 5.33. The number of hydrogen-bond donors (Lipinski definition) is 1. The summed E-state index contributed by atoms with van der Waals surface area (Å²) >= 11 is 3.45. The molecule has 2 N–H and O–H groups in total. The molecule has 0 saturated heterocycles. The number of ether oxygens (including phenoxy) is 1. The molecular formula is C14H13BrN4O2. The van der Waals surface area contributed by atoms with Crippen LogP contribution in [0.25, 0.3) is 0 Å². The average Bonchev–Trinajstić information content (AvgIpc) is 2.62. The van der Waals surface area contributed by atoms with Crippen LogP contribution < -0.4 is 15.4 Å². The van der Waals surface area contributed by atoms with E-state index in [4.69, 9.17) is 10.5 Å². The van der Waals surface area contributed by atoms with E-state index < -0.39 is 0 Å². The molecule has 1 aliphatic rings. The normalized spacial score (nSPS) is 14.4. The first-order valence-electron chi connectivity index (χ1n) is 6.39. The van der Waals surface area contributed by atoms with Crippen molar-refractivity contribution in [3.63, 3.8) is 0 Å². The van der Waals surface area contributed by atoms with Gasteiger partial charge in [-0.2, -0.15) is 0 Å². The number of hydrogen-bond acceptors (Lipinski definition) is 5. The second-order valence-electron chi connectivity index (χ2n) is 4.68. The van der Waals surface area contributed by atoms with E-state index in [0.29, 0.717) is 13.2 Å². The number of rotatable bonds is 1. The molecule has 1 aromatic heterocycles. The molecule has 21 heavy (non-hydrogen) atoms. The van der Waals surface area contributed by atoms with Gasteiger partial charge < -0.3 is 15.4 Å². The molecule has 6 nitrogen and oxygen atoms in total. The molecule has 3 rings (SSSR count). The number of halogens is 1. The van der Waals surface area contributed by atoms with Crippen molar-refractivity contribution >= 4 is 33.3 Å². The monoisotopic (exact) mass is 348 g/mol. The SMILES string of the molecule is Cc1cc(N2CCOc3ncnc(N)c3C2=O)ccc1Br. The van der Waals surface area contributed by atoms with Gasteiger partial charge in [-0.05, 0) is 30.7 Å². The number of carbonyl (C=O) groups excluding carboxylic acids is 1. The molecule has 1 aromatic carbocycles. The number of nitrogens with zero attached hydrogens (tertiary/aromatic N) is 3. The molecule has 0 spiro atoms. The van der Waals surface area contributed by atoms with Gasteiger partial charge in [-0.25, -0.2) is 9.97 Å². The van der Waals surface area contributed by atoms with E-state index in [1.165, 1.54) is 6.33 Å². The van der Waals surface area contributed by atoms with E-state index >= 15 is 0 Å². The third-order valence-electron chi connectivity index (χ3n) is 3.31. The predicted molar refractivity (Wildman–Crippen MR) is 82.5 cm³/mol. The average molecular weight is 349 g/mol. The van der Waals surface area contributed by atoms with Crippen LogP contribution in [0.3, 0.4) is 0 Å². The second-order valence-corrected chi connectivity index (χ2v) is 5.53. The Hall–Kier alpha value is -2.15. The van der Waals surface area contributed by atoms with Crippen LogP contribution in [-0.2, 0) is 0 Å². The lowest BCUT2D eigenvalue weighted by atomic mass is 10.2. The number of nitrogen functional groups attached to an aromatic ring is 1. The number of benzene rings is 1. The number of fused-ring (bicyclic) bond motifs is 1. The largest absolute Gasteiger partial charge is 0.475 e. The van der Waals surface area contributed by atoms with Crippen molar-refractivity contribution in [3.05, 3.63) is 40.1 Å². The molecule has 7 heteroatoms. The summed E-state index contributed by atoms with van der Waals surface area (Å²) < 4.78 is 6.50. The zero-order chi connectivity index (χ0) is 15.0. The molecule has 0 atom stereocenters. The minimum absolute atomic E-state index is 0.130. The van der Waals surface area contributed by atoms with Gasteiger partial charge in [0.1, 0.15) is 24.3 Å². The summed E-state index contributed by atoms with van der Waals surface area (Å²) in [5, 5.41) is 0. The van der Waals surface area contributed by atoms with Gasteiger partial charge in [-0.3, -0.25) is 4.79 Å². The summed E-state index contributed by atoms with van der Waals surface area (Å²) in [6.07, 6.45) is 1.29. The molecular weight excluding hydrogens is 336 g/mol. The topological polar surface area (TPSA) is 81.3 Å². The van der Waals surface area contributed by atoms with Crippen LogP contribution in [0.15, 0.2) is 29.0 Å². The van der Waals surface area contributed by atoms with Gasteiger partial charge in [-0.1, -0.05) is 15.9 Å². The van der Waals surface area contributed by atoms with Crippen molar-refractivity contribution in [1.29, 1.82) is 0 Å². The predicted octanol–water partition coefficient (Wildman–Crippen LogP) is 2.17. The maximum atomic E-state index is 12.7. The summed E-state index contributed by atoms with van der Waals surface area (Å²) in [4.78, 5) is 22.2. The van der Waals surface area contributed by atoms with Crippen LogP contribution in [0.2, 0.25) is 0 Å². The van der Waals surface area contributed by atoms with Gasteiger partial charge in [0.25, 0.3) is 5.91 Å². The first-order chi connectivity index (χ1) is 10.1. The molecule has 0 unspecified atom stereocenters. The highest BCUT2D eigenvalue weighted by atomic mass is 79.9. The fourth-order valence-corrected chi connectivity index (χ4v) is 2.45. The highest BCUT2D eigenvalue weighted by molar-refractivity contribution is 9.10. The third-order valence-corrected chi connectivity index (χ3v) is 4.20. The fraction of sp³-hybridized carbons (Fsp3) is 0.214. The van der Waals surface area contributed by atoms with Crippen LogP contribution in [-0.4, -0.2) is 29.0 Å². The third kappa shape index (κ3) is 2.44. The first kappa shape index (κ1) is 13.8. The smallest absolute Gasteiger partial charge is 0.267 e. The van der Waals surface area contributed by atoms with Crippen molar-refractivity contribution in [1.82, 2.24) is 9.97 Å². The van der Waals surface area contributed by atoms with Gasteiger partial charge >= 0.3 is 0 Å². The Labute approximate surface area is 130 Å². The summed E-state index contributed by atoms with van der Waals surface area (Å²) in [7, 11) is 0. The molecule has 2 aromatic rings. The maximum Gasteiger partial charge on any atom is 0.267 e. The van der Waals surface area contributed by atoms with Gasteiger partial charge in [0.2, 0.25) is 5.88 Å². The Bertz CT molecular complexity index is 720. The standard InChI is InChI=1S/C14H13BrN4O2/c1-8-6-9(2-3-10(8)15)19-4-5-21-13-11(14(19)20)12(16)17-7-18-13/h2-3,6-7H,4-5H2,1H3,(H2,16,17,18). The van der Waals surface area contributed by atoms with Crippen LogP contribution >= 0.6 is 15.9 Å². The Kier molecular flexibility index (Phi) is 3.50. The van der Waals surface area contributed by atoms with Crippen molar-refractivity contribution in [3.8, 4) is 5.88 Å². The Morgan fingerprint density at radius 1 is 1.38 bits per heavy atom. The zero-order valence-electron chi connectivity index (χ0n) is 11.3. The lowest BCUT2D eigenvalue weighted by molar-refractivity contribution is 0.0990. The summed E-state index contributed by atoms with van der Waals surface area (Å²) in [5.74, 6) is 0.122. The Morgan fingerprint density at radius 2 is 2.19 bits per heavy atom. The molecule has 0 saturated carbocycles. The number of amides is 1. The molecule has 0 aliphatic carbocycles. The van der Waals surface area contributed by atoms with Crippen molar-refractivity contribution < 1.29 is 9.53 Å². The molecule has 2 heterocycles. The molecule has 1 aliphatic heterocycles. The molecule has 0 fully saturated rings. The van der Waals surface area contributed by atoms with Gasteiger partial charge in [0, 0.05) is 10.2 Å². The highest BCUT2D eigenvalue weighted by Gasteiger charge is 2.28. The summed E-state index contributed by atoms with van der Waals surface area (Å²) in [5.41, 5.74) is 7.86. The van der Waals surface area contributed by atoms with E-state index in [2.05, 4.69) is 25.9 Å². The molecule has 0 radical (unpaired) electrons. The van der Waals surface area contributed by atoms with Crippen molar-refractivity contribution in [2.24, 2.45) is 0 Å². The minimum Gasteiger partial charge on any atom is -0.475 e. The van der Waals surface area contributed by atoms with Crippen LogP contribution in [0.4, 0.5) is 11.5 Å². The van der Waals surface area contributed by atoms with Gasteiger partial charge in [0.05, 0.1) is 6.54 Å². The lowest BCUT2D eigenvalue weighted by Crippen LogP contribution is -2.32. The van der Waals surface area contributed by atoms with Crippen LogP contribution in [0.1, 0.15) is 15.9 Å². The minimum atomic E-state index is -0.248. The molecule has 0 bridgehead atoms. The number of aromatic nitrogens is 2. The quantitative estimate of drug-likeness (QED) is 0.853. The maximum absolute atomic E-state index is 12.7. The van der Waals surface area contributed by atoms with Gasteiger partial charge in [-0.15, -0.1) is 0 Å². The first-order valence-corrected chi connectivity index (χ1v) is 7.18. The number of nitrogens with two attached hydrogens (primary N) is 1. The molecule has 108 valence electrons. The van der Waals surface area contributed by atoms with E-state index in [1.807, 2.05) is 25.1 Å². The van der Waals surface area contributed by atoms with Gasteiger partial charge in [0.15, 0.2) is 0 Å². The summed E-state index contributed by atoms with van der Waals surface area (Å²) in [6.45, 7) is 2.75. The Balaban J connectivity index is 2.06. The Morgan fingerprint density at radius 3 is 2.95 bits per heavy atom. The number of anilines is 2. The van der Waals surface area contributed by atoms with Crippen LogP contribution in [0, 0.1) is 6.92 Å². The lowest BCUT2D eigenvalue weighted by Gasteiger charge is -2.21. The zero-order valence-corrected chi connectivity index (χ0v) is 12.9. The van der Waals surface area contributed by atoms with Crippen LogP contribution in [0.5, 0.6) is 5.88 Å².